The van der Waals surface area contributed by atoms with Crippen LogP contribution in [-0.2, 0) is 9.59 Å². The first-order valence-electron chi connectivity index (χ1n) is 21.4. The number of piperidine rings is 3. The molecule has 4 aromatic carbocycles. The number of imide groups is 1. The van der Waals surface area contributed by atoms with E-state index in [1.807, 2.05) is 5.01 Å². The standard InChI is InChI=1S/C47H49ClF2N10O4/c1-58(27-28-16-20-59(21-17-28)41-14-8-30(24-39(41)49)34-13-15-42(61)55-46(34)64)33-18-22-60(23-19-33)57-45(63)29-6-9-31(10-7-29)54-47-52-26-40(50)44(56-47)53-32-11-12-36(43(51)62)37(25-32)35-4-2-3-5-38(35)48/h2-12,14,24-26,28,33-34H,13,15-23,27H2,1H3,(H2,51,62)(H,57,63)(H,55,61,64)(H2,52,53,54,56). The molecule has 3 aliphatic rings. The third-order valence-electron chi connectivity index (χ3n) is 12.3. The predicted octanol–water partition coefficient (Wildman–Crippen LogP) is 7.14. The lowest BCUT2D eigenvalue weighted by molar-refractivity contribution is -0.134. The maximum atomic E-state index is 15.3. The number of carbonyl (C=O) groups is 4. The second-order valence-electron chi connectivity index (χ2n) is 16.6. The van der Waals surface area contributed by atoms with Gasteiger partial charge in [-0.2, -0.15) is 4.98 Å². The number of benzene rings is 4. The lowest BCUT2D eigenvalue weighted by Crippen LogP contribution is -2.51. The molecule has 4 amide bonds. The molecule has 3 aliphatic heterocycles. The van der Waals surface area contributed by atoms with E-state index in [2.05, 4.69) is 48.2 Å². The Hall–Kier alpha value is -6.49. The Morgan fingerprint density at radius 2 is 1.59 bits per heavy atom. The molecule has 64 heavy (non-hydrogen) atoms. The van der Waals surface area contributed by atoms with Crippen molar-refractivity contribution in [2.45, 2.75) is 50.5 Å². The molecule has 1 unspecified atom stereocenters. The molecule has 8 rings (SSSR count). The van der Waals surface area contributed by atoms with E-state index in [9.17, 15) is 23.6 Å². The van der Waals surface area contributed by atoms with Crippen molar-refractivity contribution in [3.63, 3.8) is 0 Å². The molecule has 0 spiro atoms. The van der Waals surface area contributed by atoms with Gasteiger partial charge in [0.25, 0.3) is 5.91 Å². The first kappa shape index (κ1) is 44.1. The van der Waals surface area contributed by atoms with Crippen LogP contribution in [0.2, 0.25) is 5.02 Å². The van der Waals surface area contributed by atoms with E-state index in [0.717, 1.165) is 51.5 Å². The monoisotopic (exact) mass is 890 g/mol. The molecule has 1 aromatic heterocycles. The SMILES string of the molecule is CN(CC1CCN(c2ccc(C3CCC(=O)NC3=O)cc2F)CC1)C1CCN(NC(=O)c2ccc(Nc3ncc(F)c(Nc4ccc(C(N)=O)c(-c5ccccc5Cl)c4)n3)cc2)CC1. The van der Waals surface area contributed by atoms with Gasteiger partial charge in [-0.05, 0) is 117 Å². The zero-order valence-corrected chi connectivity index (χ0v) is 36.0. The number of hydrogen-bond acceptors (Lipinski definition) is 11. The van der Waals surface area contributed by atoms with Gasteiger partial charge in [-0.3, -0.25) is 29.9 Å². The highest BCUT2D eigenvalue weighted by Crippen LogP contribution is 2.35. The van der Waals surface area contributed by atoms with Crippen molar-refractivity contribution in [1.29, 1.82) is 0 Å². The number of nitrogens with one attached hydrogen (secondary N) is 4. The summed E-state index contributed by atoms with van der Waals surface area (Å²) in [5, 5.41) is 10.7. The fourth-order valence-electron chi connectivity index (χ4n) is 8.77. The number of nitrogens with zero attached hydrogens (tertiary/aromatic N) is 5. The minimum Gasteiger partial charge on any atom is -0.369 e. The van der Waals surface area contributed by atoms with Crippen molar-refractivity contribution in [2.75, 3.05) is 55.3 Å². The number of hydrazine groups is 1. The number of anilines is 5. The van der Waals surface area contributed by atoms with E-state index in [4.69, 9.17) is 17.3 Å². The summed E-state index contributed by atoms with van der Waals surface area (Å²) in [7, 11) is 2.16. The molecule has 0 saturated carbocycles. The van der Waals surface area contributed by atoms with Gasteiger partial charge in [-0.1, -0.05) is 35.9 Å². The predicted molar refractivity (Wildman–Crippen MR) is 242 cm³/mol. The number of halogens is 3. The van der Waals surface area contributed by atoms with Crippen LogP contribution in [0.15, 0.2) is 91.1 Å². The Balaban J connectivity index is 0.784. The fraction of sp³-hybridized carbons (Fsp3) is 0.319. The van der Waals surface area contributed by atoms with E-state index < -0.39 is 17.6 Å². The number of carbonyl (C=O) groups excluding carboxylic acids is 4. The summed E-state index contributed by atoms with van der Waals surface area (Å²) >= 11 is 6.41. The Labute approximate surface area is 374 Å². The number of amides is 4. The summed E-state index contributed by atoms with van der Waals surface area (Å²) in [6.07, 6.45) is 5.37. The summed E-state index contributed by atoms with van der Waals surface area (Å²) < 4.78 is 30.2. The molecule has 1 atom stereocenters. The Morgan fingerprint density at radius 3 is 2.30 bits per heavy atom. The van der Waals surface area contributed by atoms with Crippen LogP contribution in [0.5, 0.6) is 0 Å². The highest BCUT2D eigenvalue weighted by molar-refractivity contribution is 6.33. The maximum Gasteiger partial charge on any atom is 0.265 e. The van der Waals surface area contributed by atoms with Crippen molar-refractivity contribution in [2.24, 2.45) is 11.7 Å². The highest BCUT2D eigenvalue weighted by atomic mass is 35.5. The first-order chi connectivity index (χ1) is 30.9. The van der Waals surface area contributed by atoms with Crippen LogP contribution in [0.3, 0.4) is 0 Å². The highest BCUT2D eigenvalue weighted by Gasteiger charge is 2.31. The molecule has 0 bridgehead atoms. The van der Waals surface area contributed by atoms with Gasteiger partial charge in [0.2, 0.25) is 23.7 Å². The molecule has 4 heterocycles. The fourth-order valence-corrected chi connectivity index (χ4v) is 9.01. The minimum atomic E-state index is -0.697. The van der Waals surface area contributed by atoms with E-state index in [0.29, 0.717) is 75.8 Å². The van der Waals surface area contributed by atoms with Gasteiger partial charge >= 0.3 is 0 Å². The van der Waals surface area contributed by atoms with Crippen molar-refractivity contribution in [3.8, 4) is 11.1 Å². The van der Waals surface area contributed by atoms with E-state index >= 15 is 4.39 Å². The van der Waals surface area contributed by atoms with Crippen LogP contribution in [-0.4, -0.2) is 89.3 Å². The van der Waals surface area contributed by atoms with Crippen molar-refractivity contribution in [1.82, 2.24) is 30.6 Å². The second kappa shape index (κ2) is 19.5. The molecule has 3 saturated heterocycles. The first-order valence-corrected chi connectivity index (χ1v) is 21.8. The van der Waals surface area contributed by atoms with E-state index in [1.165, 1.54) is 12.1 Å². The molecule has 0 aliphatic carbocycles. The summed E-state index contributed by atoms with van der Waals surface area (Å²) in [5.74, 6) is -2.57. The average molecular weight is 891 g/mol. The molecule has 0 radical (unpaired) electrons. The summed E-state index contributed by atoms with van der Waals surface area (Å²) in [4.78, 5) is 62.1. The van der Waals surface area contributed by atoms with Crippen LogP contribution >= 0.6 is 11.6 Å². The summed E-state index contributed by atoms with van der Waals surface area (Å²) in [6, 6.07) is 24.0. The lowest BCUT2D eigenvalue weighted by Gasteiger charge is -2.40. The molecule has 6 N–H and O–H groups in total. The van der Waals surface area contributed by atoms with E-state index in [1.54, 1.807) is 72.8 Å². The molecular formula is C47H49ClF2N10O4. The van der Waals surface area contributed by atoms with Gasteiger partial charge < -0.3 is 26.2 Å². The van der Waals surface area contributed by atoms with Gasteiger partial charge in [-0.25, -0.2) is 18.8 Å². The van der Waals surface area contributed by atoms with Gasteiger partial charge in [0.05, 0.1) is 17.8 Å². The molecule has 14 nitrogen and oxygen atoms in total. The van der Waals surface area contributed by atoms with Crippen molar-refractivity contribution < 1.29 is 28.0 Å². The topological polar surface area (TPSA) is 178 Å². The Kier molecular flexibility index (Phi) is 13.4. The number of nitrogens with two attached hydrogens (primary N) is 1. The van der Waals surface area contributed by atoms with Gasteiger partial charge in [-0.15, -0.1) is 0 Å². The van der Waals surface area contributed by atoms with E-state index in [-0.39, 0.29) is 47.3 Å². The number of primary amides is 1. The zero-order valence-electron chi connectivity index (χ0n) is 35.3. The second-order valence-corrected chi connectivity index (χ2v) is 17.0. The largest absolute Gasteiger partial charge is 0.369 e. The van der Waals surface area contributed by atoms with Crippen molar-refractivity contribution in [3.05, 3.63) is 124 Å². The van der Waals surface area contributed by atoms with Crippen LogP contribution < -0.4 is 32.0 Å². The van der Waals surface area contributed by atoms with Gasteiger partial charge in [0.15, 0.2) is 11.6 Å². The number of aromatic nitrogens is 2. The molecule has 332 valence electrons. The third kappa shape index (κ3) is 10.3. The zero-order chi connectivity index (χ0) is 44.9. The maximum absolute atomic E-state index is 15.3. The molecular weight excluding hydrogens is 842 g/mol. The molecule has 5 aromatic rings. The number of rotatable bonds is 13. The van der Waals surface area contributed by atoms with Crippen LogP contribution in [0, 0.1) is 17.6 Å². The van der Waals surface area contributed by atoms with Crippen LogP contribution in [0.1, 0.15) is 70.7 Å². The quantitative estimate of drug-likeness (QED) is 0.0760. The Morgan fingerprint density at radius 1 is 0.859 bits per heavy atom. The average Bonchev–Trinajstić information content (AvgIpc) is 3.28. The van der Waals surface area contributed by atoms with Crippen molar-refractivity contribution >= 4 is 64.1 Å². The van der Waals surface area contributed by atoms with Crippen LogP contribution in [0.25, 0.3) is 11.1 Å². The molecule has 3 fully saturated rings. The van der Waals surface area contributed by atoms with Gasteiger partial charge in [0.1, 0.15) is 5.82 Å². The van der Waals surface area contributed by atoms with Crippen LogP contribution in [0.4, 0.5) is 37.6 Å². The molecule has 17 heteroatoms. The summed E-state index contributed by atoms with van der Waals surface area (Å²) in [6.45, 7) is 3.86. The minimum absolute atomic E-state index is 0.104. The van der Waals surface area contributed by atoms with Gasteiger partial charge in [0, 0.05) is 78.3 Å². The normalized spacial score (nSPS) is 17.6. The Bertz CT molecular complexity index is 2550. The lowest BCUT2D eigenvalue weighted by atomic mass is 9.90. The smallest absolute Gasteiger partial charge is 0.265 e. The summed E-state index contributed by atoms with van der Waals surface area (Å²) in [5.41, 5.74) is 12.6. The third-order valence-corrected chi connectivity index (χ3v) is 12.7. The number of hydrogen-bond donors (Lipinski definition) is 5.